The number of rotatable bonds is 1. The molecule has 10 heavy (non-hydrogen) atoms. The van der Waals surface area contributed by atoms with Crippen molar-refractivity contribution in [1.82, 2.24) is 0 Å². The molecule has 1 fully saturated rings. The highest BCUT2D eigenvalue weighted by atomic mass is 16.6. The summed E-state index contributed by atoms with van der Waals surface area (Å²) in [6.45, 7) is 1.17. The maximum absolute atomic E-state index is 10.5. The van der Waals surface area contributed by atoms with Gasteiger partial charge in [0.2, 0.25) is 0 Å². The van der Waals surface area contributed by atoms with Gasteiger partial charge >= 0.3 is 5.97 Å². The van der Waals surface area contributed by atoms with Gasteiger partial charge in [-0.1, -0.05) is 0 Å². The molecule has 0 aliphatic carbocycles. The Balaban J connectivity index is 2.70. The topological polar surface area (TPSA) is 66.8 Å². The Hall–Kier alpha value is -0.610. The highest BCUT2D eigenvalue weighted by Gasteiger charge is 2.44. The highest BCUT2D eigenvalue weighted by Crippen LogP contribution is 2.25. The Morgan fingerprint density at radius 2 is 2.50 bits per heavy atom. The molecule has 0 aromatic rings. The summed E-state index contributed by atoms with van der Waals surface area (Å²) in [6.07, 6.45) is -0.887. The number of cyclic esters (lactones) is 1. The van der Waals surface area contributed by atoms with Gasteiger partial charge in [-0.3, -0.25) is 4.79 Å². The van der Waals surface area contributed by atoms with Crippen LogP contribution in [0.2, 0.25) is 0 Å². The quantitative estimate of drug-likeness (QED) is 0.468. The third-order valence-corrected chi connectivity index (χ3v) is 1.73. The summed E-state index contributed by atoms with van der Waals surface area (Å²) in [6, 6.07) is 0. The summed E-state index contributed by atoms with van der Waals surface area (Å²) in [5, 5.41) is 17.8. The first-order valence-corrected chi connectivity index (χ1v) is 3.09. The summed E-state index contributed by atoms with van der Waals surface area (Å²) in [5.74, 6) is -0.455. The first kappa shape index (κ1) is 7.50. The predicted molar refractivity (Wildman–Crippen MR) is 32.2 cm³/mol. The molecule has 0 spiro atoms. The van der Waals surface area contributed by atoms with E-state index < -0.39 is 17.7 Å². The van der Waals surface area contributed by atoms with Crippen molar-refractivity contribution in [2.45, 2.75) is 25.0 Å². The fourth-order valence-corrected chi connectivity index (χ4v) is 0.881. The molecular formula is C6H10O4. The minimum absolute atomic E-state index is 0.0168. The van der Waals surface area contributed by atoms with Gasteiger partial charge in [0.15, 0.2) is 5.60 Å². The van der Waals surface area contributed by atoms with Crippen molar-refractivity contribution in [3.8, 4) is 0 Å². The number of hydrogen-bond acceptors (Lipinski definition) is 4. The number of hydrogen-bond donors (Lipinski definition) is 2. The van der Waals surface area contributed by atoms with Crippen LogP contribution >= 0.6 is 0 Å². The molecule has 0 amide bonds. The summed E-state index contributed by atoms with van der Waals surface area (Å²) in [5.41, 5.74) is -1.07. The molecule has 0 aromatic heterocycles. The molecule has 0 aromatic carbocycles. The lowest BCUT2D eigenvalue weighted by Gasteiger charge is -2.22. The van der Waals surface area contributed by atoms with Crippen molar-refractivity contribution in [3.05, 3.63) is 0 Å². The number of ether oxygens (including phenoxy) is 1. The largest absolute Gasteiger partial charge is 0.454 e. The van der Waals surface area contributed by atoms with Crippen LogP contribution in [0.25, 0.3) is 0 Å². The first-order chi connectivity index (χ1) is 4.58. The van der Waals surface area contributed by atoms with E-state index in [4.69, 9.17) is 10.2 Å². The van der Waals surface area contributed by atoms with Crippen molar-refractivity contribution in [1.29, 1.82) is 0 Å². The number of carbonyl (C=O) groups is 1. The maximum Gasteiger partial charge on any atom is 0.309 e. The average Bonchev–Trinajstić information content (AvgIpc) is 2.09. The Morgan fingerprint density at radius 3 is 2.70 bits per heavy atom. The minimum atomic E-state index is -1.07. The Kier molecular flexibility index (Phi) is 1.66. The van der Waals surface area contributed by atoms with Crippen molar-refractivity contribution in [2.75, 3.05) is 6.61 Å². The molecule has 0 saturated carbocycles. The second kappa shape index (κ2) is 2.21. The van der Waals surface area contributed by atoms with E-state index in [1.54, 1.807) is 0 Å². The molecule has 4 heteroatoms. The van der Waals surface area contributed by atoms with Crippen LogP contribution in [0.3, 0.4) is 0 Å². The molecule has 1 aliphatic heterocycles. The van der Waals surface area contributed by atoms with Crippen LogP contribution in [0.4, 0.5) is 0 Å². The number of aliphatic hydroxyl groups is 2. The summed E-state index contributed by atoms with van der Waals surface area (Å²) in [7, 11) is 0. The lowest BCUT2D eigenvalue weighted by Crippen LogP contribution is -2.39. The molecule has 1 rings (SSSR count). The molecule has 2 N–H and O–H groups in total. The molecular weight excluding hydrogens is 136 g/mol. The zero-order chi connectivity index (χ0) is 7.78. The second-order valence-corrected chi connectivity index (χ2v) is 2.66. The van der Waals surface area contributed by atoms with Crippen LogP contribution in [0, 0.1) is 0 Å². The van der Waals surface area contributed by atoms with Crippen molar-refractivity contribution < 1.29 is 19.7 Å². The molecule has 1 heterocycles. The van der Waals surface area contributed by atoms with Gasteiger partial charge in [0, 0.05) is 0 Å². The van der Waals surface area contributed by atoms with Crippen LogP contribution < -0.4 is 0 Å². The highest BCUT2D eigenvalue weighted by molar-refractivity contribution is 5.73. The van der Waals surface area contributed by atoms with Crippen molar-refractivity contribution in [3.63, 3.8) is 0 Å². The average molecular weight is 146 g/mol. The van der Waals surface area contributed by atoms with E-state index in [2.05, 4.69) is 4.74 Å². The SMILES string of the molecule is CC1(CO)OC(=O)CC1O. The first-order valence-electron chi connectivity index (χ1n) is 3.09. The summed E-state index contributed by atoms with van der Waals surface area (Å²) < 4.78 is 4.67. The Morgan fingerprint density at radius 1 is 1.90 bits per heavy atom. The van der Waals surface area contributed by atoms with E-state index in [0.29, 0.717) is 0 Å². The third kappa shape index (κ3) is 0.998. The van der Waals surface area contributed by atoms with E-state index in [1.165, 1.54) is 6.92 Å². The fourth-order valence-electron chi connectivity index (χ4n) is 0.881. The van der Waals surface area contributed by atoms with Gasteiger partial charge in [0.05, 0.1) is 13.0 Å². The van der Waals surface area contributed by atoms with Crippen LogP contribution in [0.15, 0.2) is 0 Å². The van der Waals surface area contributed by atoms with Crippen LogP contribution in [-0.2, 0) is 9.53 Å². The van der Waals surface area contributed by atoms with Gasteiger partial charge in [0.25, 0.3) is 0 Å². The van der Waals surface area contributed by atoms with Gasteiger partial charge in [-0.2, -0.15) is 0 Å². The standard InChI is InChI=1S/C6H10O4/c1-6(3-7)4(8)2-5(9)10-6/h4,7-8H,2-3H2,1H3. The molecule has 0 bridgehead atoms. The fraction of sp³-hybridized carbons (Fsp3) is 0.833. The minimum Gasteiger partial charge on any atom is -0.454 e. The van der Waals surface area contributed by atoms with Crippen LogP contribution in [0.1, 0.15) is 13.3 Å². The monoisotopic (exact) mass is 146 g/mol. The second-order valence-electron chi connectivity index (χ2n) is 2.66. The van der Waals surface area contributed by atoms with Gasteiger partial charge in [0.1, 0.15) is 6.10 Å². The van der Waals surface area contributed by atoms with E-state index in [9.17, 15) is 4.79 Å². The molecule has 1 aliphatic rings. The normalized spacial score (nSPS) is 39.9. The van der Waals surface area contributed by atoms with Crippen LogP contribution in [0.5, 0.6) is 0 Å². The molecule has 2 unspecified atom stereocenters. The summed E-state index contributed by atoms with van der Waals surface area (Å²) in [4.78, 5) is 10.5. The van der Waals surface area contributed by atoms with E-state index >= 15 is 0 Å². The Bertz CT molecular complexity index is 156. The molecule has 4 nitrogen and oxygen atoms in total. The van der Waals surface area contributed by atoms with Gasteiger partial charge in [-0.05, 0) is 6.92 Å². The van der Waals surface area contributed by atoms with Crippen molar-refractivity contribution >= 4 is 5.97 Å². The third-order valence-electron chi connectivity index (χ3n) is 1.73. The van der Waals surface area contributed by atoms with E-state index in [1.807, 2.05) is 0 Å². The van der Waals surface area contributed by atoms with Gasteiger partial charge in [-0.15, -0.1) is 0 Å². The zero-order valence-corrected chi connectivity index (χ0v) is 5.70. The van der Waals surface area contributed by atoms with E-state index in [-0.39, 0.29) is 13.0 Å². The van der Waals surface area contributed by atoms with E-state index in [0.717, 1.165) is 0 Å². The van der Waals surface area contributed by atoms with Gasteiger partial charge in [-0.25, -0.2) is 0 Å². The lowest BCUT2D eigenvalue weighted by atomic mass is 10.0. The number of aliphatic hydroxyl groups excluding tert-OH is 2. The summed E-state index contributed by atoms with van der Waals surface area (Å²) >= 11 is 0. The molecule has 0 radical (unpaired) electrons. The molecule has 2 atom stereocenters. The zero-order valence-electron chi connectivity index (χ0n) is 5.70. The Labute approximate surface area is 58.4 Å². The lowest BCUT2D eigenvalue weighted by molar-refractivity contribution is -0.153. The maximum atomic E-state index is 10.5. The predicted octanol–water partition coefficient (Wildman–Crippen LogP) is -0.955. The van der Waals surface area contributed by atoms with Crippen LogP contribution in [-0.4, -0.2) is 34.5 Å². The van der Waals surface area contributed by atoms with Crippen molar-refractivity contribution in [2.24, 2.45) is 0 Å². The van der Waals surface area contributed by atoms with Gasteiger partial charge < -0.3 is 14.9 Å². The molecule has 58 valence electrons. The smallest absolute Gasteiger partial charge is 0.309 e. The molecule has 1 saturated heterocycles. The number of esters is 1. The number of carbonyl (C=O) groups excluding carboxylic acids is 1.